The second-order valence-corrected chi connectivity index (χ2v) is 5.81. The van der Waals surface area contributed by atoms with Crippen LogP contribution in [0, 0.1) is 21.1 Å². The molecule has 0 unspecified atom stereocenters. The molecule has 13 heavy (non-hydrogen) atoms. The maximum Gasteiger partial charge on any atom is 0.100 e. The Hall–Kier alpha value is -0.600. The molecule has 0 saturated heterocycles. The van der Waals surface area contributed by atoms with Gasteiger partial charge >= 0.3 is 0 Å². The number of fused-ring (bicyclic) bond motifs is 1. The molecule has 2 aromatic rings. The van der Waals surface area contributed by atoms with E-state index in [1.807, 2.05) is 13.0 Å². The number of rotatable bonds is 0. The van der Waals surface area contributed by atoms with Crippen molar-refractivity contribution < 1.29 is 0 Å². The van der Waals surface area contributed by atoms with E-state index >= 15 is 0 Å². The lowest BCUT2D eigenvalue weighted by atomic mass is 10.1. The van der Waals surface area contributed by atoms with Crippen LogP contribution in [0.15, 0.2) is 18.2 Å². The van der Waals surface area contributed by atoms with Crippen LogP contribution in [0.1, 0.15) is 11.1 Å². The third-order valence-corrected chi connectivity index (χ3v) is 3.85. The Morgan fingerprint density at radius 3 is 2.92 bits per heavy atom. The molecule has 0 saturated carbocycles. The van der Waals surface area contributed by atoms with Crippen LogP contribution < -0.4 is 0 Å². The number of hydrogen-bond acceptors (Lipinski definition) is 2. The van der Waals surface area contributed by atoms with E-state index in [4.69, 9.17) is 5.26 Å². The quantitative estimate of drug-likeness (QED) is 0.681. The predicted octanol–water partition coefficient (Wildman–Crippen LogP) is 3.69. The van der Waals surface area contributed by atoms with Crippen molar-refractivity contribution in [3.05, 3.63) is 32.2 Å². The third kappa shape index (κ3) is 1.45. The monoisotopic (exact) mass is 299 g/mol. The second-order valence-electron chi connectivity index (χ2n) is 2.83. The normalized spacial score (nSPS) is 10.2. The van der Waals surface area contributed by atoms with Gasteiger partial charge in [-0.1, -0.05) is 6.07 Å². The molecule has 3 heteroatoms. The fourth-order valence-corrected chi connectivity index (χ4v) is 3.16. The molecule has 0 aliphatic carbocycles. The maximum absolute atomic E-state index is 8.98. The highest BCUT2D eigenvalue weighted by Crippen LogP contribution is 2.30. The first-order valence-corrected chi connectivity index (χ1v) is 5.70. The lowest BCUT2D eigenvalue weighted by Crippen LogP contribution is -1.80. The number of thiophene rings is 1. The first-order valence-electron chi connectivity index (χ1n) is 3.81. The molecular formula is C10H6INS. The predicted molar refractivity (Wildman–Crippen MR) is 64.0 cm³/mol. The molecule has 0 N–H and O–H groups in total. The first-order chi connectivity index (χ1) is 6.22. The van der Waals surface area contributed by atoms with Gasteiger partial charge in [0.05, 0.1) is 8.45 Å². The van der Waals surface area contributed by atoms with E-state index in [9.17, 15) is 0 Å². The molecule has 2 rings (SSSR count). The minimum Gasteiger partial charge on any atom is -0.192 e. The van der Waals surface area contributed by atoms with Crippen LogP contribution in [0.2, 0.25) is 0 Å². The standard InChI is InChI=1S/C10H6INS/c1-6-2-3-9-7(8(6)5-12)4-10(11)13-9/h2-4H,1H3. The van der Waals surface area contributed by atoms with E-state index < -0.39 is 0 Å². The molecule has 0 fully saturated rings. The third-order valence-electron chi connectivity index (χ3n) is 1.99. The van der Waals surface area contributed by atoms with Crippen LogP contribution in [-0.2, 0) is 0 Å². The molecule has 0 radical (unpaired) electrons. The Kier molecular flexibility index (Phi) is 2.26. The molecule has 1 aromatic carbocycles. The van der Waals surface area contributed by atoms with E-state index in [2.05, 4.69) is 40.8 Å². The second kappa shape index (κ2) is 3.28. The number of nitrogens with zero attached hydrogens (tertiary/aromatic N) is 1. The summed E-state index contributed by atoms with van der Waals surface area (Å²) in [4.78, 5) is 0. The number of halogens is 1. The average molecular weight is 299 g/mol. The topological polar surface area (TPSA) is 23.8 Å². The van der Waals surface area contributed by atoms with Gasteiger partial charge in [0.1, 0.15) is 6.07 Å². The van der Waals surface area contributed by atoms with Crippen LogP contribution in [0.3, 0.4) is 0 Å². The van der Waals surface area contributed by atoms with Crippen molar-refractivity contribution in [3.8, 4) is 6.07 Å². The molecule has 0 bridgehead atoms. The zero-order valence-corrected chi connectivity index (χ0v) is 9.94. The van der Waals surface area contributed by atoms with Gasteiger partial charge in [-0.3, -0.25) is 0 Å². The molecule has 0 spiro atoms. The maximum atomic E-state index is 8.98. The highest BCUT2D eigenvalue weighted by Gasteiger charge is 2.06. The number of benzene rings is 1. The van der Waals surface area contributed by atoms with E-state index in [-0.39, 0.29) is 0 Å². The number of nitriles is 1. The van der Waals surface area contributed by atoms with Crippen LogP contribution in [0.25, 0.3) is 10.1 Å². The minimum atomic E-state index is 0.816. The SMILES string of the molecule is Cc1ccc2sc(I)cc2c1C#N. The summed E-state index contributed by atoms with van der Waals surface area (Å²) >= 11 is 4.01. The lowest BCUT2D eigenvalue weighted by molar-refractivity contribution is 1.43. The fraction of sp³-hybridized carbons (Fsp3) is 0.100. The van der Waals surface area contributed by atoms with E-state index in [1.54, 1.807) is 11.3 Å². The van der Waals surface area contributed by atoms with Crippen LogP contribution in [-0.4, -0.2) is 0 Å². The number of hydrogen-bond donors (Lipinski definition) is 0. The molecule has 1 nitrogen and oxygen atoms in total. The summed E-state index contributed by atoms with van der Waals surface area (Å²) in [6, 6.07) is 8.42. The summed E-state index contributed by atoms with van der Waals surface area (Å²) in [5.74, 6) is 0. The van der Waals surface area contributed by atoms with Gasteiger partial charge in [0.2, 0.25) is 0 Å². The number of aryl methyl sites for hydroxylation is 1. The fourth-order valence-electron chi connectivity index (χ4n) is 1.34. The smallest absolute Gasteiger partial charge is 0.100 e. The van der Waals surface area contributed by atoms with Gasteiger partial charge in [-0.25, -0.2) is 0 Å². The van der Waals surface area contributed by atoms with E-state index in [0.29, 0.717) is 0 Å². The molecule has 0 atom stereocenters. The molecule has 1 aromatic heterocycles. The average Bonchev–Trinajstić information content (AvgIpc) is 2.45. The molecule has 64 valence electrons. The van der Waals surface area contributed by atoms with Crippen LogP contribution in [0.5, 0.6) is 0 Å². The molecule has 0 amide bonds. The van der Waals surface area contributed by atoms with Crippen molar-refractivity contribution in [2.45, 2.75) is 6.92 Å². The van der Waals surface area contributed by atoms with Gasteiger partial charge in [0.15, 0.2) is 0 Å². The van der Waals surface area contributed by atoms with Crippen molar-refractivity contribution in [1.82, 2.24) is 0 Å². The molecule has 0 aliphatic rings. The Morgan fingerprint density at radius 1 is 1.46 bits per heavy atom. The van der Waals surface area contributed by atoms with Gasteiger partial charge in [0, 0.05) is 10.1 Å². The van der Waals surface area contributed by atoms with Gasteiger partial charge in [-0.05, 0) is 47.2 Å². The summed E-state index contributed by atoms with van der Waals surface area (Å²) in [5, 5.41) is 10.1. The highest BCUT2D eigenvalue weighted by molar-refractivity contribution is 14.1. The zero-order chi connectivity index (χ0) is 9.42. The Labute approximate surface area is 94.1 Å². The van der Waals surface area contributed by atoms with Crippen LogP contribution >= 0.6 is 33.9 Å². The van der Waals surface area contributed by atoms with Crippen molar-refractivity contribution in [1.29, 1.82) is 5.26 Å². The largest absolute Gasteiger partial charge is 0.192 e. The molecular weight excluding hydrogens is 293 g/mol. The zero-order valence-electron chi connectivity index (χ0n) is 6.97. The minimum absolute atomic E-state index is 0.816. The lowest BCUT2D eigenvalue weighted by Gasteiger charge is -1.96. The summed E-state index contributed by atoms with van der Waals surface area (Å²) in [5.41, 5.74) is 1.88. The van der Waals surface area contributed by atoms with E-state index in [1.165, 1.54) is 7.58 Å². The Balaban J connectivity index is 2.93. The van der Waals surface area contributed by atoms with Gasteiger partial charge in [-0.15, -0.1) is 11.3 Å². The van der Waals surface area contributed by atoms with Crippen molar-refractivity contribution >= 4 is 44.0 Å². The summed E-state index contributed by atoms with van der Waals surface area (Å²) in [6.07, 6.45) is 0. The Morgan fingerprint density at radius 2 is 2.23 bits per heavy atom. The molecule has 0 aliphatic heterocycles. The summed E-state index contributed by atoms with van der Waals surface area (Å²) in [6.45, 7) is 1.97. The van der Waals surface area contributed by atoms with Crippen LogP contribution in [0.4, 0.5) is 0 Å². The summed E-state index contributed by atoms with van der Waals surface area (Å²) < 4.78 is 2.43. The summed E-state index contributed by atoms with van der Waals surface area (Å²) in [7, 11) is 0. The molecule has 1 heterocycles. The van der Waals surface area contributed by atoms with Gasteiger partial charge < -0.3 is 0 Å². The Bertz CT molecular complexity index is 507. The highest BCUT2D eigenvalue weighted by atomic mass is 127. The van der Waals surface area contributed by atoms with Gasteiger partial charge in [-0.2, -0.15) is 5.26 Å². The first kappa shape index (κ1) is 8.97. The van der Waals surface area contributed by atoms with Crippen molar-refractivity contribution in [2.75, 3.05) is 0 Å². The van der Waals surface area contributed by atoms with Crippen molar-refractivity contribution in [2.24, 2.45) is 0 Å². The van der Waals surface area contributed by atoms with Crippen molar-refractivity contribution in [3.63, 3.8) is 0 Å². The van der Waals surface area contributed by atoms with E-state index in [0.717, 1.165) is 16.5 Å². The van der Waals surface area contributed by atoms with Gasteiger partial charge in [0.25, 0.3) is 0 Å².